The summed E-state index contributed by atoms with van der Waals surface area (Å²) < 4.78 is 72.7. The second-order valence-electron chi connectivity index (χ2n) is 12.2. The molecule has 17 heteroatoms. The average molecular weight is 679 g/mol. The van der Waals surface area contributed by atoms with E-state index in [4.69, 9.17) is 0 Å². The largest absolute Gasteiger partial charge is 0.432 e. The van der Waals surface area contributed by atoms with Crippen molar-refractivity contribution in [3.05, 3.63) is 42.1 Å². The molecule has 3 fully saturated rings. The van der Waals surface area contributed by atoms with Crippen molar-refractivity contribution < 1.29 is 35.9 Å². The number of amides is 2. The Balaban J connectivity index is 0.936. The fourth-order valence-electron chi connectivity index (χ4n) is 6.63. The quantitative estimate of drug-likeness (QED) is 0.290. The molecular formula is C30H37F3N8O5S. The highest BCUT2D eigenvalue weighted by molar-refractivity contribution is 7.89. The second kappa shape index (κ2) is 14.1. The molecule has 0 aliphatic carbocycles. The van der Waals surface area contributed by atoms with Crippen LogP contribution in [-0.2, 0) is 19.6 Å². The summed E-state index contributed by atoms with van der Waals surface area (Å²) in [5.74, 6) is -1.04. The van der Waals surface area contributed by atoms with Crippen molar-refractivity contribution in [2.24, 2.45) is 0 Å². The number of benzene rings is 1. The molecule has 5 heterocycles. The number of rotatable bonds is 11. The number of likely N-dealkylation sites (tertiary alicyclic amines) is 1. The molecule has 0 bridgehead atoms. The van der Waals surface area contributed by atoms with Gasteiger partial charge < -0.3 is 15.0 Å². The number of halogens is 3. The molecular weight excluding hydrogens is 641 g/mol. The summed E-state index contributed by atoms with van der Waals surface area (Å²) in [6.45, 7) is 0.0546. The van der Waals surface area contributed by atoms with Gasteiger partial charge in [0.15, 0.2) is 5.75 Å². The molecule has 2 aromatic heterocycles. The van der Waals surface area contributed by atoms with Gasteiger partial charge in [0, 0.05) is 25.6 Å². The van der Waals surface area contributed by atoms with Gasteiger partial charge in [-0.15, -0.1) is 5.10 Å². The number of alkyl halides is 2. The van der Waals surface area contributed by atoms with Crippen LogP contribution in [0.15, 0.2) is 30.6 Å². The Kier molecular flexibility index (Phi) is 9.93. The first-order chi connectivity index (χ1) is 22.6. The number of carbonyl (C=O) groups is 2. The van der Waals surface area contributed by atoms with Crippen LogP contribution in [0.1, 0.15) is 62.5 Å². The van der Waals surface area contributed by atoms with Crippen LogP contribution in [0.5, 0.6) is 5.75 Å². The van der Waals surface area contributed by atoms with Gasteiger partial charge in [-0.2, -0.15) is 13.2 Å². The maximum atomic E-state index is 14.9. The normalized spacial score (nSPS) is 21.0. The number of sulfonamides is 1. The summed E-state index contributed by atoms with van der Waals surface area (Å²) in [5.41, 5.74) is 1.52. The topological polar surface area (TPSA) is 152 Å². The lowest BCUT2D eigenvalue weighted by atomic mass is 9.89. The molecule has 3 aromatic rings. The van der Waals surface area contributed by atoms with Crippen LogP contribution >= 0.6 is 0 Å². The Bertz CT molecular complexity index is 1690. The molecule has 2 amide bonds. The molecule has 47 heavy (non-hydrogen) atoms. The molecule has 0 saturated carbocycles. The molecule has 0 radical (unpaired) electrons. The number of anilines is 1. The number of fused-ring (bicyclic) bond motifs is 1. The van der Waals surface area contributed by atoms with Crippen molar-refractivity contribution in [2.45, 2.75) is 69.6 Å². The SMILES string of the molecule is O=C1CCC(n2nc(F)c3cc(C4CCN(CCCS(=O)(=O)N5CCC(Nc6ncc(OC(F)F)cn6)CC5)CC4)ccc32)C(=O)N1. The molecule has 1 aromatic carbocycles. The van der Waals surface area contributed by atoms with E-state index in [0.717, 1.165) is 43.9 Å². The number of aromatic nitrogens is 4. The molecule has 1 unspecified atom stereocenters. The van der Waals surface area contributed by atoms with Gasteiger partial charge in [-0.3, -0.25) is 14.9 Å². The molecule has 2 N–H and O–H groups in total. The van der Waals surface area contributed by atoms with Gasteiger partial charge in [-0.25, -0.2) is 27.4 Å². The van der Waals surface area contributed by atoms with Gasteiger partial charge >= 0.3 is 6.61 Å². The fourth-order valence-corrected chi connectivity index (χ4v) is 8.15. The lowest BCUT2D eigenvalue weighted by molar-refractivity contribution is -0.135. The van der Waals surface area contributed by atoms with Crippen molar-refractivity contribution in [3.63, 3.8) is 0 Å². The number of hydrogen-bond donors (Lipinski definition) is 2. The van der Waals surface area contributed by atoms with E-state index in [0.29, 0.717) is 49.8 Å². The summed E-state index contributed by atoms with van der Waals surface area (Å²) in [4.78, 5) is 34.1. The van der Waals surface area contributed by atoms with E-state index in [1.54, 1.807) is 12.1 Å². The Morgan fingerprint density at radius 3 is 2.43 bits per heavy atom. The number of carbonyl (C=O) groups excluding carboxylic acids is 2. The first-order valence-electron chi connectivity index (χ1n) is 15.8. The van der Waals surface area contributed by atoms with E-state index < -0.39 is 34.5 Å². The van der Waals surface area contributed by atoms with Gasteiger partial charge in [0.05, 0.1) is 29.0 Å². The highest BCUT2D eigenvalue weighted by Crippen LogP contribution is 2.33. The Morgan fingerprint density at radius 1 is 1.02 bits per heavy atom. The monoisotopic (exact) mass is 678 g/mol. The molecule has 13 nitrogen and oxygen atoms in total. The summed E-state index contributed by atoms with van der Waals surface area (Å²) in [7, 11) is -3.41. The zero-order valence-corrected chi connectivity index (χ0v) is 26.5. The van der Waals surface area contributed by atoms with Crippen molar-refractivity contribution >= 4 is 38.7 Å². The number of nitrogens with one attached hydrogen (secondary N) is 2. The minimum atomic E-state index is -3.41. The van der Waals surface area contributed by atoms with Gasteiger partial charge in [-0.05, 0) is 81.8 Å². The Labute approximate surface area is 269 Å². The van der Waals surface area contributed by atoms with Crippen molar-refractivity contribution in [1.29, 1.82) is 0 Å². The average Bonchev–Trinajstić information content (AvgIpc) is 3.37. The van der Waals surface area contributed by atoms with E-state index in [1.165, 1.54) is 8.99 Å². The maximum absolute atomic E-state index is 14.9. The van der Waals surface area contributed by atoms with E-state index in [-0.39, 0.29) is 48.2 Å². The highest BCUT2D eigenvalue weighted by Gasteiger charge is 2.32. The molecule has 1 atom stereocenters. The third kappa shape index (κ3) is 7.84. The fraction of sp³-hybridized carbons (Fsp3) is 0.567. The van der Waals surface area contributed by atoms with Gasteiger partial charge in [-0.1, -0.05) is 6.07 Å². The first kappa shape index (κ1) is 33.1. The van der Waals surface area contributed by atoms with Crippen molar-refractivity contribution in [1.82, 2.24) is 34.3 Å². The van der Waals surface area contributed by atoms with Crippen LogP contribution in [0, 0.1) is 5.95 Å². The zero-order chi connectivity index (χ0) is 33.1. The number of piperidine rings is 3. The second-order valence-corrected chi connectivity index (χ2v) is 14.3. The van der Waals surface area contributed by atoms with Crippen LogP contribution in [-0.4, -0.2) is 100 Å². The van der Waals surface area contributed by atoms with Crippen LogP contribution in [0.4, 0.5) is 19.1 Å². The lowest BCUT2D eigenvalue weighted by Crippen LogP contribution is -2.44. The number of ether oxygens (including phenoxy) is 1. The number of nitrogens with zero attached hydrogens (tertiary/aromatic N) is 6. The standard InChI is InChI=1S/C30H37F3N8O5S/c31-27-23-16-20(2-3-24(23)41(38-27)25-4-5-26(42)37-28(25)43)19-6-11-39(12-7-19)10-1-15-47(44,45)40-13-8-21(9-14-40)36-30-34-17-22(18-35-30)46-29(32)33/h2-3,16-19,21,25,29H,1,4-15H2,(H,34,35,36)(H,37,42,43). The molecule has 3 aliphatic heterocycles. The number of hydrogen-bond acceptors (Lipinski definition) is 10. The first-order valence-corrected chi connectivity index (χ1v) is 17.4. The zero-order valence-electron chi connectivity index (χ0n) is 25.7. The van der Waals surface area contributed by atoms with Crippen LogP contribution in [0.25, 0.3) is 10.9 Å². The van der Waals surface area contributed by atoms with Crippen molar-refractivity contribution in [3.8, 4) is 5.75 Å². The van der Waals surface area contributed by atoms with E-state index in [1.807, 2.05) is 6.07 Å². The van der Waals surface area contributed by atoms with Crippen LogP contribution in [0.3, 0.4) is 0 Å². The predicted molar refractivity (Wildman–Crippen MR) is 165 cm³/mol. The lowest BCUT2D eigenvalue weighted by Gasteiger charge is -2.33. The van der Waals surface area contributed by atoms with Crippen molar-refractivity contribution in [2.75, 3.05) is 43.8 Å². The summed E-state index contributed by atoms with van der Waals surface area (Å²) in [6.07, 6.45) is 6.14. The Hall–Kier alpha value is -3.83. The number of imide groups is 1. The highest BCUT2D eigenvalue weighted by atomic mass is 32.2. The third-order valence-corrected chi connectivity index (χ3v) is 11.1. The van der Waals surface area contributed by atoms with E-state index in [9.17, 15) is 31.2 Å². The Morgan fingerprint density at radius 2 is 1.74 bits per heavy atom. The molecule has 0 spiro atoms. The van der Waals surface area contributed by atoms with Gasteiger partial charge in [0.1, 0.15) is 6.04 Å². The minimum Gasteiger partial charge on any atom is -0.432 e. The van der Waals surface area contributed by atoms with E-state index >= 15 is 0 Å². The van der Waals surface area contributed by atoms with E-state index in [2.05, 4.69) is 35.3 Å². The smallest absolute Gasteiger partial charge is 0.387 e. The van der Waals surface area contributed by atoms with Crippen LogP contribution in [0.2, 0.25) is 0 Å². The predicted octanol–water partition coefficient (Wildman–Crippen LogP) is 3.02. The summed E-state index contributed by atoms with van der Waals surface area (Å²) in [5, 5.41) is 9.76. The molecule has 3 aliphatic rings. The van der Waals surface area contributed by atoms with Crippen LogP contribution < -0.4 is 15.4 Å². The summed E-state index contributed by atoms with van der Waals surface area (Å²) >= 11 is 0. The summed E-state index contributed by atoms with van der Waals surface area (Å²) in [6, 6.07) is 4.78. The third-order valence-electron chi connectivity index (χ3n) is 9.16. The molecule has 6 rings (SSSR count). The minimum absolute atomic E-state index is 0.0386. The van der Waals surface area contributed by atoms with Gasteiger partial charge in [0.25, 0.3) is 5.91 Å². The maximum Gasteiger partial charge on any atom is 0.387 e. The molecule has 3 saturated heterocycles. The van der Waals surface area contributed by atoms with Gasteiger partial charge in [0.2, 0.25) is 27.8 Å². The molecule has 254 valence electrons.